The summed E-state index contributed by atoms with van der Waals surface area (Å²) in [6.45, 7) is 3.63. The first-order valence-corrected chi connectivity index (χ1v) is 4.84. The van der Waals surface area contributed by atoms with Gasteiger partial charge in [0.2, 0.25) is 0 Å². The molecule has 54 valence electrons. The average molecular weight is 145 g/mol. The van der Waals surface area contributed by atoms with Crippen molar-refractivity contribution in [2.24, 2.45) is 5.92 Å². The van der Waals surface area contributed by atoms with Gasteiger partial charge in [0.05, 0.1) is 0 Å². The molecule has 0 amide bonds. The molecule has 0 bridgehead atoms. The van der Waals surface area contributed by atoms with Crippen LogP contribution in [0.4, 0.5) is 0 Å². The summed E-state index contributed by atoms with van der Waals surface area (Å²) in [5.41, 5.74) is 0. The van der Waals surface area contributed by atoms with E-state index in [1.165, 1.54) is 12.3 Å². The van der Waals surface area contributed by atoms with Crippen molar-refractivity contribution in [3.63, 3.8) is 0 Å². The molecular formula is C7H15NS. The fourth-order valence-corrected chi connectivity index (χ4v) is 2.39. The Morgan fingerprint density at radius 3 is 2.56 bits per heavy atom. The normalized spacial score (nSPS) is 36.3. The monoisotopic (exact) mass is 145 g/mol. The van der Waals surface area contributed by atoms with Crippen LogP contribution in [0, 0.1) is 5.92 Å². The minimum atomic E-state index is 0.861. The Bertz CT molecular complexity index is 86.9. The highest BCUT2D eigenvalue weighted by molar-refractivity contribution is 7.98. The van der Waals surface area contributed by atoms with Crippen LogP contribution in [-0.2, 0) is 0 Å². The second-order valence-corrected chi connectivity index (χ2v) is 3.85. The zero-order chi connectivity index (χ0) is 6.85. The topological polar surface area (TPSA) is 3.24 Å². The van der Waals surface area contributed by atoms with Crippen molar-refractivity contribution >= 4 is 11.8 Å². The van der Waals surface area contributed by atoms with Crippen LogP contribution in [0.3, 0.4) is 0 Å². The van der Waals surface area contributed by atoms with Gasteiger partial charge in [-0.3, -0.25) is 0 Å². The van der Waals surface area contributed by atoms with Gasteiger partial charge in [-0.15, -0.1) is 0 Å². The Morgan fingerprint density at radius 2 is 2.33 bits per heavy atom. The van der Waals surface area contributed by atoms with E-state index in [1.54, 1.807) is 0 Å². The number of likely N-dealkylation sites (tertiary alicyclic amines) is 1. The highest BCUT2D eigenvalue weighted by atomic mass is 32.2. The summed E-state index contributed by atoms with van der Waals surface area (Å²) in [5, 5.41) is 0. The van der Waals surface area contributed by atoms with Crippen LogP contribution < -0.4 is 0 Å². The smallest absolute Gasteiger partial charge is 0.0221 e. The van der Waals surface area contributed by atoms with Gasteiger partial charge in [-0.05, 0) is 19.2 Å². The first-order valence-electron chi connectivity index (χ1n) is 3.45. The second kappa shape index (κ2) is 2.93. The molecular weight excluding hydrogens is 130 g/mol. The zero-order valence-corrected chi connectivity index (χ0v) is 7.24. The third-order valence-electron chi connectivity index (χ3n) is 2.14. The molecule has 1 aliphatic rings. The molecule has 0 aromatic heterocycles. The number of hydrogen-bond donors (Lipinski definition) is 0. The second-order valence-electron chi connectivity index (χ2n) is 2.94. The van der Waals surface area contributed by atoms with Crippen LogP contribution in [0.5, 0.6) is 0 Å². The van der Waals surface area contributed by atoms with Gasteiger partial charge >= 0.3 is 0 Å². The van der Waals surface area contributed by atoms with Crippen molar-refractivity contribution in [3.8, 4) is 0 Å². The molecule has 1 rings (SSSR count). The lowest BCUT2D eigenvalue weighted by molar-refractivity contribution is 0.0716. The Labute approximate surface area is 61.8 Å². The lowest BCUT2D eigenvalue weighted by Crippen LogP contribution is -2.53. The maximum absolute atomic E-state index is 2.43. The van der Waals surface area contributed by atoms with Crippen molar-refractivity contribution in [3.05, 3.63) is 0 Å². The Morgan fingerprint density at radius 1 is 1.67 bits per heavy atom. The van der Waals surface area contributed by atoms with Crippen LogP contribution >= 0.6 is 11.8 Å². The van der Waals surface area contributed by atoms with Gasteiger partial charge in [0.25, 0.3) is 0 Å². The quantitative estimate of drug-likeness (QED) is 0.576. The van der Waals surface area contributed by atoms with Gasteiger partial charge in [0.1, 0.15) is 0 Å². The van der Waals surface area contributed by atoms with Crippen molar-refractivity contribution in [1.29, 1.82) is 0 Å². The number of nitrogens with zero attached hydrogens (tertiary/aromatic N) is 1. The van der Waals surface area contributed by atoms with Crippen LogP contribution in [0.25, 0.3) is 0 Å². The first kappa shape index (κ1) is 7.42. The minimum absolute atomic E-state index is 0.861. The summed E-state index contributed by atoms with van der Waals surface area (Å²) >= 11 is 1.95. The molecule has 1 nitrogen and oxygen atoms in total. The third kappa shape index (κ3) is 1.41. The molecule has 0 spiro atoms. The van der Waals surface area contributed by atoms with Crippen molar-refractivity contribution in [2.45, 2.75) is 13.0 Å². The van der Waals surface area contributed by atoms with Crippen LogP contribution in [0.15, 0.2) is 0 Å². The molecule has 9 heavy (non-hydrogen) atoms. The summed E-state index contributed by atoms with van der Waals surface area (Å²) in [7, 11) is 2.21. The third-order valence-corrected chi connectivity index (χ3v) is 2.81. The summed E-state index contributed by atoms with van der Waals surface area (Å²) < 4.78 is 0. The minimum Gasteiger partial charge on any atom is -0.302 e. The Balaban J connectivity index is 2.22. The van der Waals surface area contributed by atoms with E-state index < -0.39 is 0 Å². The van der Waals surface area contributed by atoms with E-state index >= 15 is 0 Å². The Kier molecular flexibility index (Phi) is 2.42. The molecule has 1 aliphatic heterocycles. The number of rotatable bonds is 2. The molecule has 1 heterocycles. The number of hydrogen-bond acceptors (Lipinski definition) is 2. The van der Waals surface area contributed by atoms with E-state index in [0.29, 0.717) is 0 Å². The molecule has 0 N–H and O–H groups in total. The van der Waals surface area contributed by atoms with E-state index in [0.717, 1.165) is 12.0 Å². The highest BCUT2D eigenvalue weighted by Gasteiger charge is 2.31. The van der Waals surface area contributed by atoms with Crippen molar-refractivity contribution in [1.82, 2.24) is 4.90 Å². The van der Waals surface area contributed by atoms with Crippen molar-refractivity contribution < 1.29 is 0 Å². The zero-order valence-electron chi connectivity index (χ0n) is 6.42. The molecule has 0 radical (unpaired) electrons. The van der Waals surface area contributed by atoms with Gasteiger partial charge in [-0.2, -0.15) is 11.8 Å². The summed E-state index contributed by atoms with van der Waals surface area (Å²) in [5.74, 6) is 2.24. The van der Waals surface area contributed by atoms with Crippen LogP contribution in [0.1, 0.15) is 6.92 Å². The van der Waals surface area contributed by atoms with E-state index in [4.69, 9.17) is 0 Å². The lowest BCUT2D eigenvalue weighted by atomic mass is 9.93. The SMILES string of the molecule is CSCC1C(C)CN1C. The van der Waals surface area contributed by atoms with Crippen LogP contribution in [0.2, 0.25) is 0 Å². The maximum Gasteiger partial charge on any atom is 0.0221 e. The van der Waals surface area contributed by atoms with E-state index in [-0.39, 0.29) is 0 Å². The summed E-state index contributed by atoms with van der Waals surface area (Å²) in [4.78, 5) is 2.43. The van der Waals surface area contributed by atoms with E-state index in [9.17, 15) is 0 Å². The molecule has 1 fully saturated rings. The molecule has 2 unspecified atom stereocenters. The highest BCUT2D eigenvalue weighted by Crippen LogP contribution is 2.24. The molecule has 2 atom stereocenters. The average Bonchev–Trinajstić information content (AvgIpc) is 1.84. The predicted molar refractivity (Wildman–Crippen MR) is 44.0 cm³/mol. The lowest BCUT2D eigenvalue weighted by Gasteiger charge is -2.44. The first-order chi connectivity index (χ1) is 4.25. The van der Waals surface area contributed by atoms with Gasteiger partial charge in [0.15, 0.2) is 0 Å². The van der Waals surface area contributed by atoms with Gasteiger partial charge in [-0.1, -0.05) is 6.92 Å². The van der Waals surface area contributed by atoms with Gasteiger partial charge in [0, 0.05) is 18.3 Å². The largest absolute Gasteiger partial charge is 0.302 e. The van der Waals surface area contributed by atoms with Crippen LogP contribution in [-0.4, -0.2) is 36.5 Å². The van der Waals surface area contributed by atoms with Gasteiger partial charge in [-0.25, -0.2) is 0 Å². The maximum atomic E-state index is 2.43. The molecule has 0 saturated carbocycles. The molecule has 0 aromatic rings. The summed E-state index contributed by atoms with van der Waals surface area (Å²) in [6.07, 6.45) is 2.18. The Hall–Kier alpha value is 0.310. The fourth-order valence-electron chi connectivity index (χ4n) is 1.47. The molecule has 0 aromatic carbocycles. The predicted octanol–water partition coefficient (Wildman–Crippen LogP) is 1.30. The van der Waals surface area contributed by atoms with E-state index in [1.807, 2.05) is 11.8 Å². The molecule has 2 heteroatoms. The van der Waals surface area contributed by atoms with Gasteiger partial charge < -0.3 is 4.90 Å². The summed E-state index contributed by atoms with van der Waals surface area (Å²) in [6, 6.07) is 0.861. The fraction of sp³-hybridized carbons (Fsp3) is 1.00. The standard InChI is InChI=1S/C7H15NS/c1-6-4-8(2)7(6)5-9-3/h6-7H,4-5H2,1-3H3. The molecule has 0 aliphatic carbocycles. The van der Waals surface area contributed by atoms with E-state index in [2.05, 4.69) is 25.1 Å². The number of thioether (sulfide) groups is 1. The molecule has 1 saturated heterocycles. The van der Waals surface area contributed by atoms with Crippen molar-refractivity contribution in [2.75, 3.05) is 25.6 Å².